The van der Waals surface area contributed by atoms with Crippen LogP contribution in [0.2, 0.25) is 0 Å². The molecule has 0 unspecified atom stereocenters. The van der Waals surface area contributed by atoms with E-state index in [0.717, 1.165) is 0 Å². The summed E-state index contributed by atoms with van der Waals surface area (Å²) in [7, 11) is 2.42. The molecule has 0 radical (unpaired) electrons. The molecule has 0 atom stereocenters. The predicted octanol–water partition coefficient (Wildman–Crippen LogP) is -1.25. The first kappa shape index (κ1) is 14.7. The van der Waals surface area contributed by atoms with Crippen LogP contribution in [0.25, 0.3) is 0 Å². The lowest BCUT2D eigenvalue weighted by Crippen LogP contribution is -3.00. The van der Waals surface area contributed by atoms with Crippen molar-refractivity contribution in [3.63, 3.8) is 0 Å². The minimum atomic E-state index is 0. The van der Waals surface area contributed by atoms with Crippen molar-refractivity contribution in [2.24, 2.45) is 0 Å². The predicted molar refractivity (Wildman–Crippen MR) is 66.4 cm³/mol. The lowest BCUT2D eigenvalue weighted by atomic mass is 9.67. The van der Waals surface area contributed by atoms with Crippen molar-refractivity contribution in [3.8, 4) is 0 Å². The molecule has 0 aliphatic carbocycles. The van der Waals surface area contributed by atoms with Gasteiger partial charge in [-0.25, -0.2) is 0 Å². The lowest BCUT2D eigenvalue weighted by Gasteiger charge is -2.53. The number of nitrogens with zero attached hydrogens (tertiary/aromatic N) is 1. The molecule has 4 rings (SSSR count). The standard InChI is InChI=1S/C14H20N.BrH.H2O/c1-15-10-7-14(8-11-15,9-12-15)13-5-3-2-4-6-13;;/h2-6H,7-12H2,1H3;1H;1H2/q+1;;/p-1. The molecular formula is C14H22BrNO. The van der Waals surface area contributed by atoms with E-state index >= 15 is 0 Å². The van der Waals surface area contributed by atoms with Gasteiger partial charge >= 0.3 is 0 Å². The summed E-state index contributed by atoms with van der Waals surface area (Å²) in [6.07, 6.45) is 4.19. The van der Waals surface area contributed by atoms with E-state index in [2.05, 4.69) is 37.4 Å². The fraction of sp³-hybridized carbons (Fsp3) is 0.571. The average Bonchev–Trinajstić information content (AvgIpc) is 2.32. The molecule has 1 aromatic rings. The Morgan fingerprint density at radius 1 is 0.941 bits per heavy atom. The van der Waals surface area contributed by atoms with Gasteiger partial charge in [-0.15, -0.1) is 0 Å². The maximum absolute atomic E-state index is 2.42. The summed E-state index contributed by atoms with van der Waals surface area (Å²) in [6, 6.07) is 11.2. The highest BCUT2D eigenvalue weighted by atomic mass is 79.9. The largest absolute Gasteiger partial charge is 1.00 e. The summed E-state index contributed by atoms with van der Waals surface area (Å²) in [4.78, 5) is 0. The van der Waals surface area contributed by atoms with Crippen LogP contribution in [0, 0.1) is 0 Å². The highest BCUT2D eigenvalue weighted by Crippen LogP contribution is 2.45. The van der Waals surface area contributed by atoms with E-state index in [1.54, 1.807) is 5.56 Å². The van der Waals surface area contributed by atoms with Crippen LogP contribution < -0.4 is 17.0 Å². The highest BCUT2D eigenvalue weighted by Gasteiger charge is 2.47. The summed E-state index contributed by atoms with van der Waals surface area (Å²) in [5, 5.41) is 0. The van der Waals surface area contributed by atoms with Gasteiger partial charge in [-0.2, -0.15) is 0 Å². The minimum Gasteiger partial charge on any atom is -1.00 e. The Hall–Kier alpha value is -0.380. The number of quaternary nitrogens is 1. The van der Waals surface area contributed by atoms with Crippen LogP contribution in [0.5, 0.6) is 0 Å². The zero-order chi connectivity index (χ0) is 10.4. The molecule has 3 aliphatic heterocycles. The molecule has 17 heavy (non-hydrogen) atoms. The second kappa shape index (κ2) is 5.09. The number of halogens is 1. The van der Waals surface area contributed by atoms with Gasteiger partial charge in [0.25, 0.3) is 0 Å². The molecule has 2 N–H and O–H groups in total. The monoisotopic (exact) mass is 299 g/mol. The molecule has 0 aromatic heterocycles. The van der Waals surface area contributed by atoms with Crippen LogP contribution in [0.1, 0.15) is 24.8 Å². The van der Waals surface area contributed by atoms with Crippen molar-refractivity contribution in [3.05, 3.63) is 35.9 Å². The summed E-state index contributed by atoms with van der Waals surface area (Å²) in [6.45, 7) is 4.15. The van der Waals surface area contributed by atoms with Crippen LogP contribution in [0.15, 0.2) is 30.3 Å². The number of fused-ring (bicyclic) bond motifs is 3. The Kier molecular flexibility index (Phi) is 4.39. The molecule has 3 aliphatic rings. The van der Waals surface area contributed by atoms with Gasteiger partial charge in [0.2, 0.25) is 0 Å². The fourth-order valence-corrected chi connectivity index (χ4v) is 3.39. The molecule has 3 saturated heterocycles. The number of rotatable bonds is 1. The molecule has 1 aromatic carbocycles. The molecule has 96 valence electrons. The number of piperidine rings is 3. The molecule has 2 bridgehead atoms. The second-order valence-corrected chi connectivity index (χ2v) is 5.69. The second-order valence-electron chi connectivity index (χ2n) is 5.69. The third-order valence-corrected chi connectivity index (χ3v) is 4.78. The average molecular weight is 300 g/mol. The topological polar surface area (TPSA) is 31.5 Å². The normalized spacial score (nSPS) is 34.6. The van der Waals surface area contributed by atoms with Crippen molar-refractivity contribution in [2.45, 2.75) is 24.7 Å². The minimum absolute atomic E-state index is 0. The summed E-state index contributed by atoms with van der Waals surface area (Å²) in [5.74, 6) is 0. The van der Waals surface area contributed by atoms with Gasteiger partial charge < -0.3 is 26.9 Å². The summed E-state index contributed by atoms with van der Waals surface area (Å²) in [5.41, 5.74) is 2.13. The van der Waals surface area contributed by atoms with Gasteiger partial charge in [-0.1, -0.05) is 30.3 Å². The Morgan fingerprint density at radius 2 is 1.41 bits per heavy atom. The van der Waals surface area contributed by atoms with Crippen molar-refractivity contribution in [1.29, 1.82) is 0 Å². The molecule has 3 heterocycles. The van der Waals surface area contributed by atoms with E-state index in [-0.39, 0.29) is 22.5 Å². The van der Waals surface area contributed by atoms with Gasteiger partial charge in [0, 0.05) is 24.7 Å². The fourth-order valence-electron chi connectivity index (χ4n) is 3.39. The highest BCUT2D eigenvalue weighted by molar-refractivity contribution is 5.26. The zero-order valence-electron chi connectivity index (χ0n) is 10.5. The molecule has 0 amide bonds. The van der Waals surface area contributed by atoms with E-state index in [9.17, 15) is 0 Å². The number of hydrogen-bond acceptors (Lipinski definition) is 0. The zero-order valence-corrected chi connectivity index (χ0v) is 12.0. The van der Waals surface area contributed by atoms with Crippen LogP contribution in [0.3, 0.4) is 0 Å². The van der Waals surface area contributed by atoms with Crippen molar-refractivity contribution in [1.82, 2.24) is 0 Å². The van der Waals surface area contributed by atoms with Gasteiger partial charge in [0.1, 0.15) is 0 Å². The molecular weight excluding hydrogens is 278 g/mol. The lowest BCUT2D eigenvalue weighted by molar-refractivity contribution is -0.925. The van der Waals surface area contributed by atoms with Crippen molar-refractivity contribution < 1.29 is 26.9 Å². The maximum Gasteiger partial charge on any atom is 0.0793 e. The third kappa shape index (κ3) is 2.42. The molecule has 0 saturated carbocycles. The van der Waals surface area contributed by atoms with Crippen LogP contribution in [-0.4, -0.2) is 36.6 Å². The first-order valence-electron chi connectivity index (χ1n) is 6.12. The SMILES string of the molecule is C[N+]12CCC(c3ccccc3)(CC1)CC2.O.[Br-]. The van der Waals surface area contributed by atoms with Crippen molar-refractivity contribution in [2.75, 3.05) is 26.7 Å². The molecule has 3 fully saturated rings. The number of hydrogen-bond donors (Lipinski definition) is 0. The van der Waals surface area contributed by atoms with Gasteiger partial charge in [-0.3, -0.25) is 0 Å². The molecule has 0 spiro atoms. The quantitative estimate of drug-likeness (QED) is 0.581. The summed E-state index contributed by atoms with van der Waals surface area (Å²) >= 11 is 0. The Balaban J connectivity index is 0.000000722. The molecule has 3 heteroatoms. The van der Waals surface area contributed by atoms with Crippen LogP contribution in [-0.2, 0) is 5.41 Å². The van der Waals surface area contributed by atoms with Crippen LogP contribution in [0.4, 0.5) is 0 Å². The molecule has 2 nitrogen and oxygen atoms in total. The third-order valence-electron chi connectivity index (χ3n) is 4.78. The van der Waals surface area contributed by atoms with E-state index in [4.69, 9.17) is 0 Å². The van der Waals surface area contributed by atoms with Gasteiger partial charge in [0.15, 0.2) is 0 Å². The Bertz CT molecular complexity index is 341. The van der Waals surface area contributed by atoms with E-state index in [1.165, 1.54) is 43.4 Å². The van der Waals surface area contributed by atoms with E-state index in [0.29, 0.717) is 5.41 Å². The smallest absolute Gasteiger partial charge is 0.0793 e. The first-order chi connectivity index (χ1) is 7.23. The Labute approximate surface area is 114 Å². The van der Waals surface area contributed by atoms with Crippen molar-refractivity contribution >= 4 is 0 Å². The summed E-state index contributed by atoms with van der Waals surface area (Å²) < 4.78 is 1.33. The Morgan fingerprint density at radius 3 is 1.88 bits per heavy atom. The van der Waals surface area contributed by atoms with Gasteiger partial charge in [0.05, 0.1) is 26.7 Å². The first-order valence-corrected chi connectivity index (χ1v) is 6.12. The van der Waals surface area contributed by atoms with Crippen LogP contribution >= 0.6 is 0 Å². The van der Waals surface area contributed by atoms with E-state index < -0.39 is 0 Å². The van der Waals surface area contributed by atoms with Gasteiger partial charge in [-0.05, 0) is 5.56 Å². The maximum atomic E-state index is 2.42. The number of benzene rings is 1. The van der Waals surface area contributed by atoms with E-state index in [1.807, 2.05) is 0 Å².